The molecule has 1 unspecified atom stereocenters. The van der Waals surface area contributed by atoms with Crippen LogP contribution < -0.4 is 5.73 Å². The molecule has 8 heteroatoms. The summed E-state index contributed by atoms with van der Waals surface area (Å²) < 4.78 is 32.8. The van der Waals surface area contributed by atoms with Crippen LogP contribution in [-0.4, -0.2) is 43.5 Å². The maximum Gasteiger partial charge on any atom is 0.246 e. The van der Waals surface area contributed by atoms with E-state index in [1.807, 2.05) is 0 Å². The zero-order valence-corrected chi connectivity index (χ0v) is 13.7. The number of nitrogens with two attached hydrogens (primary N) is 1. The Morgan fingerprint density at radius 2 is 2.35 bits per heavy atom. The van der Waals surface area contributed by atoms with Gasteiger partial charge in [0.25, 0.3) is 0 Å². The molecule has 6 nitrogen and oxygen atoms in total. The van der Waals surface area contributed by atoms with Gasteiger partial charge < -0.3 is 10.5 Å². The lowest BCUT2D eigenvalue weighted by atomic mass is 10.2. The highest BCUT2D eigenvalue weighted by Gasteiger charge is 2.29. The zero-order chi connectivity index (χ0) is 14.8. The second kappa shape index (κ2) is 6.38. The fourth-order valence-corrected chi connectivity index (χ4v) is 4.25. The minimum Gasteiger partial charge on any atom is -0.383 e. The van der Waals surface area contributed by atoms with Crippen molar-refractivity contribution in [2.45, 2.75) is 30.8 Å². The van der Waals surface area contributed by atoms with Crippen LogP contribution in [0.4, 0.5) is 5.82 Å². The van der Waals surface area contributed by atoms with Crippen molar-refractivity contribution in [3.63, 3.8) is 0 Å². The summed E-state index contributed by atoms with van der Waals surface area (Å²) in [7, 11) is -3.66. The van der Waals surface area contributed by atoms with Crippen molar-refractivity contribution in [1.82, 2.24) is 9.29 Å². The van der Waals surface area contributed by atoms with Crippen molar-refractivity contribution in [2.24, 2.45) is 0 Å². The molecule has 2 N–H and O–H groups in total. The molecule has 1 saturated heterocycles. The van der Waals surface area contributed by atoms with E-state index in [9.17, 15) is 8.42 Å². The fourth-order valence-electron chi connectivity index (χ4n) is 2.19. The van der Waals surface area contributed by atoms with Crippen LogP contribution in [0.1, 0.15) is 19.8 Å². The number of halogens is 1. The number of sulfonamides is 1. The van der Waals surface area contributed by atoms with Gasteiger partial charge in [0.15, 0.2) is 0 Å². The van der Waals surface area contributed by atoms with E-state index in [1.54, 1.807) is 6.92 Å². The van der Waals surface area contributed by atoms with Gasteiger partial charge in [0.2, 0.25) is 10.0 Å². The summed E-state index contributed by atoms with van der Waals surface area (Å²) in [4.78, 5) is 3.92. The average Bonchev–Trinajstić information content (AvgIpc) is 2.91. The molecule has 1 aromatic rings. The summed E-state index contributed by atoms with van der Waals surface area (Å²) in [6, 6.07) is 1.48. The predicted octanol–water partition coefficient (Wildman–Crippen LogP) is 1.62. The SMILES string of the molecule is CCN(CC1CCCO1)S(=O)(=O)c1cc(Br)cnc1N. The third-order valence-corrected chi connectivity index (χ3v) is 5.65. The van der Waals surface area contributed by atoms with Crippen LogP contribution in [-0.2, 0) is 14.8 Å². The number of pyridine rings is 1. The van der Waals surface area contributed by atoms with Gasteiger partial charge in [0, 0.05) is 30.4 Å². The topological polar surface area (TPSA) is 85.5 Å². The number of hydrogen-bond donors (Lipinski definition) is 1. The number of aromatic nitrogens is 1. The zero-order valence-electron chi connectivity index (χ0n) is 11.3. The maximum absolute atomic E-state index is 12.7. The summed E-state index contributed by atoms with van der Waals surface area (Å²) in [5.41, 5.74) is 5.71. The Bertz CT molecular complexity index is 573. The first-order valence-corrected chi connectivity index (χ1v) is 8.71. The number of nitrogen functional groups attached to an aromatic ring is 1. The molecule has 2 heterocycles. The molecule has 0 radical (unpaired) electrons. The Morgan fingerprint density at radius 3 is 2.95 bits per heavy atom. The molecule has 0 aliphatic carbocycles. The lowest BCUT2D eigenvalue weighted by Crippen LogP contribution is -2.37. The number of anilines is 1. The largest absolute Gasteiger partial charge is 0.383 e. The number of rotatable bonds is 5. The normalized spacial score (nSPS) is 19.6. The van der Waals surface area contributed by atoms with Crippen molar-refractivity contribution < 1.29 is 13.2 Å². The van der Waals surface area contributed by atoms with Crippen LogP contribution in [0.2, 0.25) is 0 Å². The lowest BCUT2D eigenvalue weighted by Gasteiger charge is -2.23. The highest BCUT2D eigenvalue weighted by molar-refractivity contribution is 9.10. The van der Waals surface area contributed by atoms with E-state index < -0.39 is 10.0 Å². The van der Waals surface area contributed by atoms with E-state index in [4.69, 9.17) is 10.5 Å². The van der Waals surface area contributed by atoms with E-state index in [0.29, 0.717) is 24.2 Å². The smallest absolute Gasteiger partial charge is 0.246 e. The van der Waals surface area contributed by atoms with Crippen molar-refractivity contribution in [3.8, 4) is 0 Å². The predicted molar refractivity (Wildman–Crippen MR) is 79.8 cm³/mol. The van der Waals surface area contributed by atoms with Crippen molar-refractivity contribution in [3.05, 3.63) is 16.7 Å². The highest BCUT2D eigenvalue weighted by Crippen LogP contribution is 2.25. The standard InChI is InChI=1S/C12H18BrN3O3S/c1-2-16(8-10-4-3-5-19-10)20(17,18)11-6-9(13)7-15-12(11)14/h6-7,10H,2-5,8H2,1H3,(H2,14,15). The molecule has 1 aliphatic rings. The van der Waals surface area contributed by atoms with Crippen LogP contribution in [0, 0.1) is 0 Å². The van der Waals surface area contributed by atoms with Crippen molar-refractivity contribution >= 4 is 31.8 Å². The van der Waals surface area contributed by atoms with Gasteiger partial charge in [-0.25, -0.2) is 13.4 Å². The van der Waals surface area contributed by atoms with E-state index >= 15 is 0 Å². The number of ether oxygens (including phenoxy) is 1. The number of likely N-dealkylation sites (N-methyl/N-ethyl adjacent to an activating group) is 1. The Kier molecular flexibility index (Phi) is 5.00. The first-order chi connectivity index (χ1) is 9.45. The third-order valence-electron chi connectivity index (χ3n) is 3.25. The molecule has 112 valence electrons. The summed E-state index contributed by atoms with van der Waals surface area (Å²) in [5.74, 6) is 0.0130. The summed E-state index contributed by atoms with van der Waals surface area (Å²) in [5, 5.41) is 0. The van der Waals surface area contributed by atoms with Crippen LogP contribution in [0.25, 0.3) is 0 Å². The van der Waals surface area contributed by atoms with E-state index in [-0.39, 0.29) is 16.8 Å². The highest BCUT2D eigenvalue weighted by atomic mass is 79.9. The third kappa shape index (κ3) is 3.30. The van der Waals surface area contributed by atoms with Gasteiger partial charge >= 0.3 is 0 Å². The van der Waals surface area contributed by atoms with Gasteiger partial charge in [-0.15, -0.1) is 0 Å². The van der Waals surface area contributed by atoms with E-state index in [1.165, 1.54) is 16.6 Å². The number of nitrogens with zero attached hydrogens (tertiary/aromatic N) is 2. The Balaban J connectivity index is 2.28. The van der Waals surface area contributed by atoms with Gasteiger partial charge in [-0.3, -0.25) is 0 Å². The first-order valence-electron chi connectivity index (χ1n) is 6.48. The molecule has 0 amide bonds. The summed E-state index contributed by atoms with van der Waals surface area (Å²) >= 11 is 3.22. The monoisotopic (exact) mass is 363 g/mol. The molecule has 20 heavy (non-hydrogen) atoms. The van der Waals surface area contributed by atoms with Crippen LogP contribution in [0.5, 0.6) is 0 Å². The minimum absolute atomic E-state index is 0.0130. The Labute approximate surface area is 127 Å². The maximum atomic E-state index is 12.7. The molecule has 0 spiro atoms. The van der Waals surface area contributed by atoms with Gasteiger partial charge in [0.05, 0.1) is 6.10 Å². The molecule has 1 fully saturated rings. The summed E-state index contributed by atoms with van der Waals surface area (Å²) in [6.45, 7) is 3.22. The average molecular weight is 364 g/mol. The van der Waals surface area contributed by atoms with Gasteiger partial charge in [-0.2, -0.15) is 4.31 Å². The van der Waals surface area contributed by atoms with E-state index in [2.05, 4.69) is 20.9 Å². The van der Waals surface area contributed by atoms with Crippen molar-refractivity contribution in [1.29, 1.82) is 0 Å². The second-order valence-electron chi connectivity index (χ2n) is 4.63. The number of hydrogen-bond acceptors (Lipinski definition) is 5. The molecule has 1 aliphatic heterocycles. The molecular formula is C12H18BrN3O3S. The molecular weight excluding hydrogens is 346 g/mol. The first kappa shape index (κ1) is 15.7. The molecule has 1 atom stereocenters. The van der Waals surface area contributed by atoms with Gasteiger partial charge in [0.1, 0.15) is 10.7 Å². The molecule has 0 saturated carbocycles. The van der Waals surface area contributed by atoms with Crippen molar-refractivity contribution in [2.75, 3.05) is 25.4 Å². The summed E-state index contributed by atoms with van der Waals surface area (Å²) in [6.07, 6.45) is 3.30. The molecule has 2 rings (SSSR count). The minimum atomic E-state index is -3.66. The quantitative estimate of drug-likeness (QED) is 0.858. The van der Waals surface area contributed by atoms with E-state index in [0.717, 1.165) is 12.8 Å². The van der Waals surface area contributed by atoms with Crippen LogP contribution in [0.15, 0.2) is 21.6 Å². The molecule has 0 bridgehead atoms. The Hall–Kier alpha value is -0.700. The van der Waals surface area contributed by atoms with Crippen LogP contribution in [0.3, 0.4) is 0 Å². The second-order valence-corrected chi connectivity index (χ2v) is 7.45. The fraction of sp³-hybridized carbons (Fsp3) is 0.583. The molecule has 0 aromatic carbocycles. The lowest BCUT2D eigenvalue weighted by molar-refractivity contribution is 0.0947. The van der Waals surface area contributed by atoms with Gasteiger partial charge in [-0.05, 0) is 34.8 Å². The van der Waals surface area contributed by atoms with Crippen LogP contribution >= 0.6 is 15.9 Å². The van der Waals surface area contributed by atoms with Gasteiger partial charge in [-0.1, -0.05) is 6.92 Å². The Morgan fingerprint density at radius 1 is 1.60 bits per heavy atom. The molecule has 1 aromatic heterocycles.